The summed E-state index contributed by atoms with van der Waals surface area (Å²) in [7, 11) is 0. The SMILES string of the molecule is CCOCCN(CC)c1ccc(C(C)N)c(Cl)c1. The molecule has 1 unspecified atom stereocenters. The van der Waals surface area contributed by atoms with E-state index in [4.69, 9.17) is 22.1 Å². The van der Waals surface area contributed by atoms with Crippen molar-refractivity contribution in [3.8, 4) is 0 Å². The summed E-state index contributed by atoms with van der Waals surface area (Å²) in [6.07, 6.45) is 0. The minimum absolute atomic E-state index is 0.0370. The van der Waals surface area contributed by atoms with Gasteiger partial charge in [-0.2, -0.15) is 0 Å². The van der Waals surface area contributed by atoms with Crippen molar-refractivity contribution in [3.05, 3.63) is 28.8 Å². The topological polar surface area (TPSA) is 38.5 Å². The minimum atomic E-state index is -0.0370. The summed E-state index contributed by atoms with van der Waals surface area (Å²) in [6, 6.07) is 6.02. The van der Waals surface area contributed by atoms with E-state index >= 15 is 0 Å². The van der Waals surface area contributed by atoms with Crippen LogP contribution in [0.2, 0.25) is 5.02 Å². The monoisotopic (exact) mass is 270 g/mol. The molecule has 0 bridgehead atoms. The molecule has 0 saturated carbocycles. The molecule has 3 nitrogen and oxygen atoms in total. The first-order valence-electron chi connectivity index (χ1n) is 6.47. The molecule has 0 heterocycles. The average Bonchev–Trinajstić information content (AvgIpc) is 2.34. The first kappa shape index (κ1) is 15.3. The van der Waals surface area contributed by atoms with E-state index in [-0.39, 0.29) is 6.04 Å². The molecule has 1 rings (SSSR count). The van der Waals surface area contributed by atoms with Gasteiger partial charge in [0.25, 0.3) is 0 Å². The van der Waals surface area contributed by atoms with E-state index in [9.17, 15) is 0 Å². The average molecular weight is 271 g/mol. The summed E-state index contributed by atoms with van der Waals surface area (Å²) in [5.41, 5.74) is 7.96. The van der Waals surface area contributed by atoms with Gasteiger partial charge in [-0.15, -0.1) is 0 Å². The van der Waals surface area contributed by atoms with Crippen molar-refractivity contribution in [1.29, 1.82) is 0 Å². The predicted molar refractivity (Wildman–Crippen MR) is 78.4 cm³/mol. The van der Waals surface area contributed by atoms with Gasteiger partial charge in [0.2, 0.25) is 0 Å². The second-order valence-corrected chi connectivity index (χ2v) is 4.68. The Labute approximate surface area is 115 Å². The molecule has 0 aliphatic rings. The van der Waals surface area contributed by atoms with Crippen LogP contribution < -0.4 is 10.6 Å². The van der Waals surface area contributed by atoms with Gasteiger partial charge in [-0.05, 0) is 38.5 Å². The summed E-state index contributed by atoms with van der Waals surface area (Å²) in [6.45, 7) is 9.36. The molecule has 0 spiro atoms. The second-order valence-electron chi connectivity index (χ2n) is 4.27. The van der Waals surface area contributed by atoms with Gasteiger partial charge in [0, 0.05) is 36.4 Å². The number of hydrogen-bond acceptors (Lipinski definition) is 3. The van der Waals surface area contributed by atoms with Crippen LogP contribution in [0.25, 0.3) is 0 Å². The van der Waals surface area contributed by atoms with E-state index in [1.54, 1.807) is 0 Å². The van der Waals surface area contributed by atoms with Crippen LogP contribution in [0.15, 0.2) is 18.2 Å². The maximum absolute atomic E-state index is 6.25. The van der Waals surface area contributed by atoms with Crippen molar-refractivity contribution in [2.24, 2.45) is 5.73 Å². The van der Waals surface area contributed by atoms with Gasteiger partial charge in [-0.1, -0.05) is 17.7 Å². The number of nitrogens with two attached hydrogens (primary N) is 1. The zero-order chi connectivity index (χ0) is 13.5. The van der Waals surface area contributed by atoms with Crippen LogP contribution >= 0.6 is 11.6 Å². The number of hydrogen-bond donors (Lipinski definition) is 1. The molecule has 0 aliphatic heterocycles. The summed E-state index contributed by atoms with van der Waals surface area (Å²) in [4.78, 5) is 2.24. The number of benzene rings is 1. The van der Waals surface area contributed by atoms with Crippen LogP contribution in [-0.2, 0) is 4.74 Å². The van der Waals surface area contributed by atoms with Gasteiger partial charge in [0.1, 0.15) is 0 Å². The standard InChI is InChI=1S/C14H23ClN2O/c1-4-17(8-9-18-5-2)12-6-7-13(11(3)16)14(15)10-12/h6-7,10-11H,4-5,8-9,16H2,1-3H3. The highest BCUT2D eigenvalue weighted by Gasteiger charge is 2.09. The Morgan fingerprint density at radius 2 is 2.11 bits per heavy atom. The van der Waals surface area contributed by atoms with Crippen molar-refractivity contribution in [2.45, 2.75) is 26.8 Å². The van der Waals surface area contributed by atoms with Crippen LogP contribution in [0, 0.1) is 0 Å². The summed E-state index contributed by atoms with van der Waals surface area (Å²) >= 11 is 6.25. The third-order valence-corrected chi connectivity index (χ3v) is 3.26. The Morgan fingerprint density at radius 1 is 1.39 bits per heavy atom. The second kappa shape index (κ2) is 7.62. The summed E-state index contributed by atoms with van der Waals surface area (Å²) < 4.78 is 5.38. The fourth-order valence-corrected chi connectivity index (χ4v) is 2.22. The largest absolute Gasteiger partial charge is 0.380 e. The normalized spacial score (nSPS) is 12.5. The van der Waals surface area contributed by atoms with Crippen molar-refractivity contribution in [1.82, 2.24) is 0 Å². The lowest BCUT2D eigenvalue weighted by Gasteiger charge is -2.24. The number of ether oxygens (including phenoxy) is 1. The Bertz CT molecular complexity index is 369. The lowest BCUT2D eigenvalue weighted by molar-refractivity contribution is 0.154. The number of nitrogens with zero attached hydrogens (tertiary/aromatic N) is 1. The van der Waals surface area contributed by atoms with E-state index in [1.165, 1.54) is 0 Å². The first-order valence-corrected chi connectivity index (χ1v) is 6.85. The lowest BCUT2D eigenvalue weighted by atomic mass is 10.1. The molecular formula is C14H23ClN2O. The molecule has 2 N–H and O–H groups in total. The third kappa shape index (κ3) is 4.16. The fourth-order valence-electron chi connectivity index (χ4n) is 1.87. The van der Waals surface area contributed by atoms with Gasteiger partial charge in [-0.25, -0.2) is 0 Å². The molecule has 0 amide bonds. The maximum atomic E-state index is 6.25. The number of halogens is 1. The number of rotatable bonds is 7. The minimum Gasteiger partial charge on any atom is -0.380 e. The van der Waals surface area contributed by atoms with Gasteiger partial charge in [0.05, 0.1) is 6.61 Å². The molecule has 1 aromatic carbocycles. The fraction of sp³-hybridized carbons (Fsp3) is 0.571. The molecule has 0 radical (unpaired) electrons. The highest BCUT2D eigenvalue weighted by Crippen LogP contribution is 2.26. The quantitative estimate of drug-likeness (QED) is 0.773. The van der Waals surface area contributed by atoms with Crippen molar-refractivity contribution >= 4 is 17.3 Å². The lowest BCUT2D eigenvalue weighted by Crippen LogP contribution is -2.27. The Balaban J connectivity index is 2.77. The van der Waals surface area contributed by atoms with E-state index in [1.807, 2.05) is 26.0 Å². The zero-order valence-corrected chi connectivity index (χ0v) is 12.2. The number of likely N-dealkylation sites (N-methyl/N-ethyl adjacent to an activating group) is 1. The molecule has 18 heavy (non-hydrogen) atoms. The molecular weight excluding hydrogens is 248 g/mol. The van der Waals surface area contributed by atoms with Crippen LogP contribution in [0.1, 0.15) is 32.4 Å². The van der Waals surface area contributed by atoms with Gasteiger partial charge in [0.15, 0.2) is 0 Å². The Kier molecular flexibility index (Phi) is 6.47. The molecule has 0 saturated heterocycles. The van der Waals surface area contributed by atoms with E-state index in [0.717, 1.165) is 42.6 Å². The van der Waals surface area contributed by atoms with Gasteiger partial charge in [-0.3, -0.25) is 0 Å². The highest BCUT2D eigenvalue weighted by molar-refractivity contribution is 6.31. The molecule has 1 aromatic rings. The molecule has 1 atom stereocenters. The molecule has 102 valence electrons. The maximum Gasteiger partial charge on any atom is 0.0641 e. The smallest absolute Gasteiger partial charge is 0.0641 e. The molecule has 4 heteroatoms. The van der Waals surface area contributed by atoms with E-state index in [0.29, 0.717) is 0 Å². The Hall–Kier alpha value is -0.770. The van der Waals surface area contributed by atoms with Gasteiger partial charge >= 0.3 is 0 Å². The molecule has 0 fully saturated rings. The zero-order valence-electron chi connectivity index (χ0n) is 11.4. The van der Waals surface area contributed by atoms with Crippen molar-refractivity contribution < 1.29 is 4.74 Å². The third-order valence-electron chi connectivity index (χ3n) is 2.93. The predicted octanol–water partition coefficient (Wildman–Crippen LogP) is 3.22. The van der Waals surface area contributed by atoms with Crippen molar-refractivity contribution in [3.63, 3.8) is 0 Å². The first-order chi connectivity index (χ1) is 8.60. The summed E-state index contributed by atoms with van der Waals surface area (Å²) in [5.74, 6) is 0. The van der Waals surface area contributed by atoms with E-state index < -0.39 is 0 Å². The van der Waals surface area contributed by atoms with Crippen LogP contribution in [0.3, 0.4) is 0 Å². The number of anilines is 1. The Morgan fingerprint density at radius 3 is 2.61 bits per heavy atom. The molecule has 0 aromatic heterocycles. The van der Waals surface area contributed by atoms with Crippen molar-refractivity contribution in [2.75, 3.05) is 31.2 Å². The van der Waals surface area contributed by atoms with Crippen LogP contribution in [0.5, 0.6) is 0 Å². The van der Waals surface area contributed by atoms with Gasteiger partial charge < -0.3 is 15.4 Å². The molecule has 0 aliphatic carbocycles. The summed E-state index contributed by atoms with van der Waals surface area (Å²) in [5, 5.41) is 0.734. The highest BCUT2D eigenvalue weighted by atomic mass is 35.5. The van der Waals surface area contributed by atoms with Crippen LogP contribution in [0.4, 0.5) is 5.69 Å². The van der Waals surface area contributed by atoms with Crippen LogP contribution in [-0.4, -0.2) is 26.3 Å². The van der Waals surface area contributed by atoms with E-state index in [2.05, 4.69) is 17.9 Å².